The summed E-state index contributed by atoms with van der Waals surface area (Å²) in [6.45, 7) is 12.9. The number of hydrogen-bond acceptors (Lipinski definition) is 17. The fourth-order valence-electron chi connectivity index (χ4n) is 8.57. The van der Waals surface area contributed by atoms with Gasteiger partial charge in [-0.25, -0.2) is 13.4 Å². The Labute approximate surface area is 388 Å². The minimum atomic E-state index is -4.07. The predicted octanol–water partition coefficient (Wildman–Crippen LogP) is 5.34. The number of hydrogen-bond donors (Lipinski definition) is 4. The second-order valence-corrected chi connectivity index (χ2v) is 19.9. The third kappa shape index (κ3) is 9.78. The number of Topliss-reactive ketones (excluding diaryl/α,β-unsaturated/α-hetero) is 1. The Morgan fingerprint density at radius 1 is 0.985 bits per heavy atom. The SMILES string of the molecule is CO[C@H]1/C=C/O[C@@]2(C)Oc3c(C)c(=O)c4c(O)c(c5oc6cc(OCCN(C)C)cc(S(C)(=O)=O)c6nc5c4c3C2=O)NC(=O)/C(C)=C\C=C\[C@H](C)[C@H](O)[C@@H](C)[C@@H](O)[C@@H](C)[C@H](OC(C)=O)[C@@H]1C. The van der Waals surface area contributed by atoms with Crippen LogP contribution < -0.4 is 20.2 Å². The Balaban J connectivity index is 1.65. The van der Waals surface area contributed by atoms with Gasteiger partial charge >= 0.3 is 11.8 Å². The maximum atomic E-state index is 14.8. The third-order valence-electron chi connectivity index (χ3n) is 12.6. The Morgan fingerprint density at radius 2 is 1.67 bits per heavy atom. The molecule has 0 saturated carbocycles. The molecule has 0 fully saturated rings. The zero-order valence-electron chi connectivity index (χ0n) is 39.6. The van der Waals surface area contributed by atoms with E-state index in [4.69, 9.17) is 33.1 Å². The number of rotatable bonds is 7. The first kappa shape index (κ1) is 50.6. The van der Waals surface area contributed by atoms with Crippen LogP contribution in [0.2, 0.25) is 0 Å². The maximum absolute atomic E-state index is 14.8. The van der Waals surface area contributed by atoms with Crippen LogP contribution in [0.3, 0.4) is 0 Å². The lowest BCUT2D eigenvalue weighted by Gasteiger charge is -2.38. The number of aliphatic hydroxyl groups excluding tert-OH is 2. The van der Waals surface area contributed by atoms with Gasteiger partial charge in [-0.3, -0.25) is 19.2 Å². The van der Waals surface area contributed by atoms with Gasteiger partial charge in [0.15, 0.2) is 32.2 Å². The second-order valence-electron chi connectivity index (χ2n) is 17.9. The van der Waals surface area contributed by atoms with Crippen molar-refractivity contribution in [3.8, 4) is 17.2 Å². The summed E-state index contributed by atoms with van der Waals surface area (Å²) >= 11 is 0. The van der Waals surface area contributed by atoms with Crippen LogP contribution in [0, 0.1) is 30.6 Å². The zero-order chi connectivity index (χ0) is 49.6. The number of benzene rings is 3. The Kier molecular flexibility index (Phi) is 14.6. The highest BCUT2D eigenvalue weighted by molar-refractivity contribution is 7.91. The fraction of sp³-hybridized carbons (Fsp3) is 0.479. The van der Waals surface area contributed by atoms with Crippen molar-refractivity contribution in [1.29, 1.82) is 0 Å². The van der Waals surface area contributed by atoms with Crippen molar-refractivity contribution in [2.24, 2.45) is 23.7 Å². The van der Waals surface area contributed by atoms with Crippen molar-refractivity contribution in [3.63, 3.8) is 0 Å². The van der Waals surface area contributed by atoms with Gasteiger partial charge in [0.25, 0.3) is 11.7 Å². The number of nitrogens with zero attached hydrogens (tertiary/aromatic N) is 2. The van der Waals surface area contributed by atoms with Gasteiger partial charge in [-0.05, 0) is 34.0 Å². The number of likely N-dealkylation sites (N-methyl/N-ethyl adjacent to an activating group) is 1. The molecule has 0 saturated heterocycles. The molecule has 2 aliphatic heterocycles. The van der Waals surface area contributed by atoms with Crippen LogP contribution >= 0.6 is 0 Å². The van der Waals surface area contributed by atoms with E-state index >= 15 is 0 Å². The predicted molar refractivity (Wildman–Crippen MR) is 249 cm³/mol. The zero-order valence-corrected chi connectivity index (χ0v) is 40.4. The van der Waals surface area contributed by atoms with Gasteiger partial charge in [0, 0.05) is 86.1 Å². The Morgan fingerprint density at radius 3 is 2.30 bits per heavy atom. The van der Waals surface area contributed by atoms with Crippen LogP contribution in [0.25, 0.3) is 33.0 Å². The van der Waals surface area contributed by atoms with Crippen molar-refractivity contribution in [3.05, 3.63) is 69.6 Å². The average molecular weight is 950 g/mol. The number of carbonyl (C=O) groups is 3. The van der Waals surface area contributed by atoms with Crippen molar-refractivity contribution in [2.75, 3.05) is 45.9 Å². The molecule has 1 aromatic heterocycles. The number of ketones is 1. The molecule has 67 heavy (non-hydrogen) atoms. The highest BCUT2D eigenvalue weighted by atomic mass is 32.2. The lowest BCUT2D eigenvalue weighted by molar-refractivity contribution is -0.160. The average Bonchev–Trinajstić information content (AvgIpc) is 3.53. The normalized spacial score (nSPS) is 28.3. The molecular weight excluding hydrogens is 891 g/mol. The van der Waals surface area contributed by atoms with E-state index in [-0.39, 0.29) is 67.3 Å². The number of ether oxygens (including phenoxy) is 5. The molecular formula is C48H59N3O15S. The quantitative estimate of drug-likeness (QED) is 0.0790. The van der Waals surface area contributed by atoms with E-state index in [0.29, 0.717) is 6.54 Å². The number of nitrogens with one attached hydrogen (secondary N) is 1. The molecule has 3 heterocycles. The topological polar surface area (TPSA) is 251 Å². The number of aromatic nitrogens is 1. The van der Waals surface area contributed by atoms with E-state index in [0.717, 1.165) is 12.5 Å². The van der Waals surface area contributed by atoms with Crippen LogP contribution in [-0.4, -0.2) is 122 Å². The van der Waals surface area contributed by atoms with Gasteiger partial charge in [-0.15, -0.1) is 0 Å². The summed E-state index contributed by atoms with van der Waals surface area (Å²) in [5.74, 6) is -7.92. The number of fused-ring (bicyclic) bond motifs is 2. The molecule has 0 aliphatic carbocycles. The number of amides is 1. The standard InChI is InChI=1S/C48H59N3O15S/c1-22-14-13-15-23(2)47(58)50-38-42(56)34-33(37-45(38)65-31-20-29(62-19-17-51(9)10)21-32(36(31)49-37)67(12,59)60)35-44(27(6)41(34)55)66-48(8,46(35)57)63-18-16-30(61-11)24(3)43(64-28(7)52)26(5)40(54)25(4)39(22)53/h13-16,18,20-22,24-26,30,39-40,43,53-54,56H,17,19H2,1-12H3,(H,50,58)/b14-13+,18-16+,23-15-/t22-,24+,25+,26+,30-,39-,40+,43+,48-/m0/s1. The summed E-state index contributed by atoms with van der Waals surface area (Å²) in [6, 6.07) is 2.68. The first-order chi connectivity index (χ1) is 31.3. The van der Waals surface area contributed by atoms with Crippen LogP contribution in [0.4, 0.5) is 5.69 Å². The lowest BCUT2D eigenvalue weighted by Crippen LogP contribution is -2.46. The van der Waals surface area contributed by atoms with Crippen molar-refractivity contribution in [1.82, 2.24) is 9.88 Å². The number of aliphatic hydroxyl groups is 2. The molecule has 0 radical (unpaired) electrons. The second kappa shape index (κ2) is 19.4. The van der Waals surface area contributed by atoms with E-state index in [9.17, 15) is 42.9 Å². The number of sulfone groups is 1. The van der Waals surface area contributed by atoms with Crippen LogP contribution in [0.1, 0.15) is 64.4 Å². The third-order valence-corrected chi connectivity index (χ3v) is 13.7. The molecule has 4 N–H and O–H groups in total. The molecule has 2 aliphatic rings. The molecule has 1 amide bonds. The summed E-state index contributed by atoms with van der Waals surface area (Å²) in [7, 11) is 1.01. The van der Waals surface area contributed by atoms with E-state index in [1.54, 1.807) is 39.8 Å². The van der Waals surface area contributed by atoms with E-state index in [1.807, 2.05) is 19.0 Å². The number of phenolic OH excluding ortho intramolecular Hbond substituents is 1. The van der Waals surface area contributed by atoms with Gasteiger partial charge in [-0.1, -0.05) is 45.9 Å². The highest BCUT2D eigenvalue weighted by Gasteiger charge is 2.50. The largest absolute Gasteiger partial charge is 0.505 e. The molecule has 9 atom stereocenters. The number of methoxy groups -OCH3 is 1. The minimum Gasteiger partial charge on any atom is -0.505 e. The number of esters is 1. The lowest BCUT2D eigenvalue weighted by atomic mass is 9.78. The summed E-state index contributed by atoms with van der Waals surface area (Å²) in [5.41, 5.74) is -2.44. The number of phenols is 1. The summed E-state index contributed by atoms with van der Waals surface area (Å²) in [4.78, 5) is 62.0. The Hall–Kier alpha value is -5.86. The summed E-state index contributed by atoms with van der Waals surface area (Å²) in [5, 5.41) is 37.1. The van der Waals surface area contributed by atoms with E-state index in [2.05, 4.69) is 5.32 Å². The number of carbonyl (C=O) groups excluding carboxylic acids is 3. The summed E-state index contributed by atoms with van der Waals surface area (Å²) in [6.07, 6.45) is 4.13. The van der Waals surface area contributed by atoms with Gasteiger partial charge in [0.1, 0.15) is 40.9 Å². The molecule has 6 rings (SSSR count). The van der Waals surface area contributed by atoms with E-state index in [1.165, 1.54) is 59.1 Å². The molecule has 18 nitrogen and oxygen atoms in total. The van der Waals surface area contributed by atoms with Crippen LogP contribution in [-0.2, 0) is 33.6 Å². The van der Waals surface area contributed by atoms with Crippen molar-refractivity contribution >= 4 is 66.2 Å². The fourth-order valence-corrected chi connectivity index (χ4v) is 9.39. The maximum Gasteiger partial charge on any atom is 0.312 e. The first-order valence-electron chi connectivity index (χ1n) is 21.7. The monoisotopic (exact) mass is 949 g/mol. The van der Waals surface area contributed by atoms with Gasteiger partial charge in [-0.2, -0.15) is 0 Å². The van der Waals surface area contributed by atoms with Gasteiger partial charge in [0.05, 0.1) is 40.4 Å². The molecule has 19 heteroatoms. The first-order valence-corrected chi connectivity index (χ1v) is 23.6. The highest BCUT2D eigenvalue weighted by Crippen LogP contribution is 2.49. The molecule has 3 aromatic carbocycles. The number of allylic oxidation sites excluding steroid dienone is 2. The molecule has 4 aromatic rings. The molecule has 4 bridgehead atoms. The number of aromatic hydroxyl groups is 1. The van der Waals surface area contributed by atoms with Crippen LogP contribution in [0.15, 0.2) is 62.4 Å². The van der Waals surface area contributed by atoms with Gasteiger partial charge in [0.2, 0.25) is 0 Å². The summed E-state index contributed by atoms with van der Waals surface area (Å²) < 4.78 is 62.9. The Bertz CT molecular complexity index is 2910. The van der Waals surface area contributed by atoms with Crippen molar-refractivity contribution < 1.29 is 66.2 Å². The molecule has 362 valence electrons. The minimum absolute atomic E-state index is 0.0920. The van der Waals surface area contributed by atoms with Crippen LogP contribution in [0.5, 0.6) is 17.2 Å². The van der Waals surface area contributed by atoms with E-state index < -0.39 is 104 Å². The van der Waals surface area contributed by atoms with Gasteiger partial charge < -0.3 is 53.6 Å². The smallest absolute Gasteiger partial charge is 0.312 e. The number of anilines is 1. The molecule has 0 unspecified atom stereocenters. The van der Waals surface area contributed by atoms with Crippen molar-refractivity contribution in [2.45, 2.75) is 90.5 Å². The molecule has 0 spiro atoms.